The van der Waals surface area contributed by atoms with Crippen LogP contribution in [0.5, 0.6) is 0 Å². The van der Waals surface area contributed by atoms with Crippen LogP contribution in [0.4, 0.5) is 11.6 Å². The van der Waals surface area contributed by atoms with Gasteiger partial charge in [0.05, 0.1) is 24.4 Å². The number of likely N-dealkylation sites (tertiary alicyclic amines) is 1. The highest BCUT2D eigenvalue weighted by Gasteiger charge is 2.30. The zero-order valence-corrected chi connectivity index (χ0v) is 19.4. The van der Waals surface area contributed by atoms with Crippen LogP contribution in [0.15, 0.2) is 43.0 Å². The van der Waals surface area contributed by atoms with Crippen molar-refractivity contribution in [3.05, 3.63) is 54.1 Å². The first-order valence-electron chi connectivity index (χ1n) is 11.6. The van der Waals surface area contributed by atoms with E-state index in [0.29, 0.717) is 11.4 Å². The fourth-order valence-corrected chi connectivity index (χ4v) is 4.74. The van der Waals surface area contributed by atoms with Crippen LogP contribution < -0.4 is 10.6 Å². The van der Waals surface area contributed by atoms with E-state index in [0.717, 1.165) is 62.8 Å². The quantitative estimate of drug-likeness (QED) is 0.507. The van der Waals surface area contributed by atoms with Gasteiger partial charge in [-0.2, -0.15) is 5.10 Å². The molecule has 0 bridgehead atoms. The van der Waals surface area contributed by atoms with Gasteiger partial charge in [-0.1, -0.05) is 12.1 Å². The molecule has 2 fully saturated rings. The van der Waals surface area contributed by atoms with Gasteiger partial charge in [-0.3, -0.25) is 10.00 Å². The van der Waals surface area contributed by atoms with Crippen molar-refractivity contribution in [2.75, 3.05) is 63.6 Å². The van der Waals surface area contributed by atoms with E-state index < -0.39 is 0 Å². The lowest BCUT2D eigenvalue weighted by molar-refractivity contribution is 0.0600. The molecule has 0 saturated carbocycles. The van der Waals surface area contributed by atoms with Gasteiger partial charge in [0, 0.05) is 50.5 Å². The van der Waals surface area contributed by atoms with E-state index in [2.05, 4.69) is 47.0 Å². The van der Waals surface area contributed by atoms with Crippen molar-refractivity contribution in [2.45, 2.75) is 12.5 Å². The second kappa shape index (κ2) is 9.78. The minimum absolute atomic E-state index is 0.262. The summed E-state index contributed by atoms with van der Waals surface area (Å²) in [6, 6.07) is 8.11. The van der Waals surface area contributed by atoms with Crippen LogP contribution in [0.25, 0.3) is 11.1 Å². The number of rotatable bonds is 7. The summed E-state index contributed by atoms with van der Waals surface area (Å²) < 4.78 is 4.85. The maximum atomic E-state index is 11.9. The molecule has 2 saturated heterocycles. The Bertz CT molecular complexity index is 1110. The SMILES string of the molecule is COC(=O)c1ccc([C@H](CN2CCC2)N2CCN(c3ncnc(N)c3-c3cn[nH]c3)CC2)cc1. The number of nitrogens with two attached hydrogens (primary N) is 1. The zero-order chi connectivity index (χ0) is 23.5. The minimum atomic E-state index is -0.308. The molecular formula is C24H30N8O2. The van der Waals surface area contributed by atoms with Gasteiger partial charge in [-0.05, 0) is 37.2 Å². The number of piperazine rings is 1. The molecule has 4 heterocycles. The average Bonchev–Trinajstić information content (AvgIpc) is 3.38. The predicted octanol–water partition coefficient (Wildman–Crippen LogP) is 1.80. The Morgan fingerprint density at radius 1 is 1.12 bits per heavy atom. The van der Waals surface area contributed by atoms with Crippen molar-refractivity contribution in [1.29, 1.82) is 0 Å². The second-order valence-electron chi connectivity index (χ2n) is 8.75. The minimum Gasteiger partial charge on any atom is -0.465 e. The van der Waals surface area contributed by atoms with Crippen LogP contribution in [0.3, 0.4) is 0 Å². The molecular weight excluding hydrogens is 432 g/mol. The highest BCUT2D eigenvalue weighted by Crippen LogP contribution is 2.34. The summed E-state index contributed by atoms with van der Waals surface area (Å²) in [7, 11) is 1.41. The van der Waals surface area contributed by atoms with Gasteiger partial charge in [0.25, 0.3) is 0 Å². The Labute approximate surface area is 198 Å². The van der Waals surface area contributed by atoms with Gasteiger partial charge in [0.2, 0.25) is 0 Å². The fraction of sp³-hybridized carbons (Fsp3) is 0.417. The van der Waals surface area contributed by atoms with Crippen LogP contribution in [0.1, 0.15) is 28.4 Å². The van der Waals surface area contributed by atoms with Gasteiger partial charge in [-0.15, -0.1) is 0 Å². The number of nitrogen functional groups attached to an aromatic ring is 1. The Hall–Kier alpha value is -3.50. The van der Waals surface area contributed by atoms with E-state index in [9.17, 15) is 4.79 Å². The molecule has 34 heavy (non-hydrogen) atoms. The standard InChI is InChI=1S/C24H30N8O2/c1-34-24(33)18-5-3-17(4-6-18)20(15-30-7-2-8-30)31-9-11-32(12-10-31)23-21(19-13-28-29-14-19)22(25)26-16-27-23/h3-6,13-14,16,20H,2,7-12,15H2,1H3,(H,28,29)(H2,25,26,27)/t20-/m0/s1. The Balaban J connectivity index is 1.34. The third kappa shape index (κ3) is 4.46. The van der Waals surface area contributed by atoms with E-state index >= 15 is 0 Å². The smallest absolute Gasteiger partial charge is 0.337 e. The number of benzene rings is 1. The number of hydrogen-bond acceptors (Lipinski definition) is 9. The number of anilines is 2. The molecule has 1 atom stereocenters. The first-order valence-corrected chi connectivity index (χ1v) is 11.6. The van der Waals surface area contributed by atoms with Crippen molar-refractivity contribution < 1.29 is 9.53 Å². The van der Waals surface area contributed by atoms with Crippen molar-refractivity contribution in [3.63, 3.8) is 0 Å². The monoisotopic (exact) mass is 462 g/mol. The van der Waals surface area contributed by atoms with Gasteiger partial charge in [0.15, 0.2) is 0 Å². The molecule has 1 aromatic carbocycles. The average molecular weight is 463 g/mol. The summed E-state index contributed by atoms with van der Waals surface area (Å²) in [5.41, 5.74) is 9.72. The molecule has 0 aliphatic carbocycles. The molecule has 0 amide bonds. The third-order valence-corrected chi connectivity index (χ3v) is 6.79. The molecule has 0 unspecified atom stereocenters. The molecule has 2 aliphatic heterocycles. The molecule has 3 N–H and O–H groups in total. The zero-order valence-electron chi connectivity index (χ0n) is 19.4. The first kappa shape index (κ1) is 22.3. The van der Waals surface area contributed by atoms with Gasteiger partial charge < -0.3 is 20.3 Å². The number of aromatic amines is 1. The number of nitrogens with one attached hydrogen (secondary N) is 1. The van der Waals surface area contributed by atoms with E-state index in [1.54, 1.807) is 6.20 Å². The Morgan fingerprint density at radius 2 is 1.88 bits per heavy atom. The number of aromatic nitrogens is 4. The number of ether oxygens (including phenoxy) is 1. The second-order valence-corrected chi connectivity index (χ2v) is 8.75. The lowest BCUT2D eigenvalue weighted by Crippen LogP contribution is -2.51. The van der Waals surface area contributed by atoms with Gasteiger partial charge in [-0.25, -0.2) is 14.8 Å². The number of methoxy groups -OCH3 is 1. The molecule has 3 aromatic rings. The number of carbonyl (C=O) groups excluding carboxylic acids is 1. The Morgan fingerprint density at radius 3 is 2.50 bits per heavy atom. The van der Waals surface area contributed by atoms with Gasteiger partial charge in [0.1, 0.15) is 18.0 Å². The summed E-state index contributed by atoms with van der Waals surface area (Å²) in [5.74, 6) is 0.988. The van der Waals surface area contributed by atoms with Crippen LogP contribution in [-0.4, -0.2) is 88.9 Å². The highest BCUT2D eigenvalue weighted by molar-refractivity contribution is 5.89. The number of esters is 1. The topological polar surface area (TPSA) is 116 Å². The molecule has 10 heteroatoms. The van der Waals surface area contributed by atoms with Crippen LogP contribution >= 0.6 is 0 Å². The number of H-pyrrole nitrogens is 1. The largest absolute Gasteiger partial charge is 0.465 e. The normalized spacial score (nSPS) is 17.9. The highest BCUT2D eigenvalue weighted by atomic mass is 16.5. The van der Waals surface area contributed by atoms with E-state index in [1.807, 2.05) is 18.3 Å². The van der Waals surface area contributed by atoms with Crippen LogP contribution in [-0.2, 0) is 4.74 Å². The Kier molecular flexibility index (Phi) is 6.41. The summed E-state index contributed by atoms with van der Waals surface area (Å²) >= 11 is 0. The summed E-state index contributed by atoms with van der Waals surface area (Å²) in [4.78, 5) is 27.9. The predicted molar refractivity (Wildman–Crippen MR) is 129 cm³/mol. The van der Waals surface area contributed by atoms with Crippen molar-refractivity contribution in [1.82, 2.24) is 30.0 Å². The van der Waals surface area contributed by atoms with Crippen molar-refractivity contribution >= 4 is 17.6 Å². The lowest BCUT2D eigenvalue weighted by Gasteiger charge is -2.43. The van der Waals surface area contributed by atoms with Crippen molar-refractivity contribution in [2.24, 2.45) is 0 Å². The molecule has 2 aromatic heterocycles. The van der Waals surface area contributed by atoms with Crippen molar-refractivity contribution in [3.8, 4) is 11.1 Å². The number of hydrogen-bond donors (Lipinski definition) is 2. The first-order chi connectivity index (χ1) is 16.6. The molecule has 5 rings (SSSR count). The number of nitrogens with zero attached hydrogens (tertiary/aromatic N) is 6. The number of carbonyl (C=O) groups is 1. The van der Waals surface area contributed by atoms with E-state index in [4.69, 9.17) is 10.5 Å². The maximum Gasteiger partial charge on any atom is 0.337 e. The molecule has 10 nitrogen and oxygen atoms in total. The maximum absolute atomic E-state index is 11.9. The summed E-state index contributed by atoms with van der Waals surface area (Å²) in [5, 5.41) is 6.91. The molecule has 0 radical (unpaired) electrons. The summed E-state index contributed by atoms with van der Waals surface area (Å²) in [6.45, 7) is 6.72. The third-order valence-electron chi connectivity index (χ3n) is 6.79. The molecule has 178 valence electrons. The van der Waals surface area contributed by atoms with E-state index in [-0.39, 0.29) is 12.0 Å². The fourth-order valence-electron chi connectivity index (χ4n) is 4.74. The van der Waals surface area contributed by atoms with E-state index in [1.165, 1.54) is 25.4 Å². The summed E-state index contributed by atoms with van der Waals surface area (Å²) in [6.07, 6.45) is 6.34. The molecule has 0 spiro atoms. The van der Waals surface area contributed by atoms with Gasteiger partial charge >= 0.3 is 5.97 Å². The lowest BCUT2D eigenvalue weighted by atomic mass is 10.0. The van der Waals surface area contributed by atoms with Crippen LogP contribution in [0.2, 0.25) is 0 Å². The van der Waals surface area contributed by atoms with Crippen LogP contribution in [0, 0.1) is 0 Å². The molecule has 2 aliphatic rings.